The van der Waals surface area contributed by atoms with Gasteiger partial charge in [-0.1, -0.05) is 0 Å². The molecule has 1 aliphatic rings. The van der Waals surface area contributed by atoms with E-state index < -0.39 is 0 Å². The average molecular weight is 162 g/mol. The third-order valence-corrected chi connectivity index (χ3v) is 2.83. The standard InChI is InChI=1S/C7H14O2S/c1-5-7(8-3)4-10-6(2)9-5/h5-7H,4H2,1-3H3/t5?,6-,7-/m1/s1. The number of hydrogen-bond acceptors (Lipinski definition) is 3. The molecule has 0 aromatic rings. The lowest BCUT2D eigenvalue weighted by Crippen LogP contribution is -2.37. The van der Waals surface area contributed by atoms with Crippen LogP contribution in [-0.4, -0.2) is 30.5 Å². The van der Waals surface area contributed by atoms with Gasteiger partial charge < -0.3 is 9.47 Å². The van der Waals surface area contributed by atoms with E-state index in [1.54, 1.807) is 7.11 Å². The topological polar surface area (TPSA) is 18.5 Å². The maximum absolute atomic E-state index is 5.53. The molecule has 60 valence electrons. The fourth-order valence-electron chi connectivity index (χ4n) is 1.05. The van der Waals surface area contributed by atoms with Crippen LogP contribution in [0.2, 0.25) is 0 Å². The third kappa shape index (κ3) is 1.87. The molecule has 0 N–H and O–H groups in total. The fourth-order valence-corrected chi connectivity index (χ4v) is 2.18. The molecule has 1 fully saturated rings. The SMILES string of the molecule is CO[C@@H]1CS[C@H](C)OC1C. The molecule has 10 heavy (non-hydrogen) atoms. The predicted octanol–water partition coefficient (Wildman–Crippen LogP) is 1.50. The van der Waals surface area contributed by atoms with Crippen LogP contribution in [-0.2, 0) is 9.47 Å². The second kappa shape index (κ2) is 3.60. The Hall–Kier alpha value is 0.270. The van der Waals surface area contributed by atoms with E-state index in [1.165, 1.54) is 0 Å². The van der Waals surface area contributed by atoms with Crippen LogP contribution in [0.15, 0.2) is 0 Å². The van der Waals surface area contributed by atoms with Crippen molar-refractivity contribution in [2.45, 2.75) is 31.5 Å². The van der Waals surface area contributed by atoms with E-state index in [0.717, 1.165) is 5.75 Å². The Morgan fingerprint density at radius 3 is 2.70 bits per heavy atom. The second-order valence-electron chi connectivity index (χ2n) is 2.52. The summed E-state index contributed by atoms with van der Waals surface area (Å²) in [6.45, 7) is 4.14. The van der Waals surface area contributed by atoms with Gasteiger partial charge in [0.25, 0.3) is 0 Å². The third-order valence-electron chi connectivity index (χ3n) is 1.73. The zero-order chi connectivity index (χ0) is 7.56. The van der Waals surface area contributed by atoms with E-state index in [-0.39, 0.29) is 12.2 Å². The molecule has 3 heteroatoms. The molecular weight excluding hydrogens is 148 g/mol. The second-order valence-corrected chi connectivity index (χ2v) is 3.85. The average Bonchev–Trinajstić information content (AvgIpc) is 1.88. The molecule has 1 aliphatic heterocycles. The minimum absolute atomic E-state index is 0.251. The van der Waals surface area contributed by atoms with E-state index in [1.807, 2.05) is 11.8 Å². The van der Waals surface area contributed by atoms with Crippen LogP contribution in [0.3, 0.4) is 0 Å². The maximum Gasteiger partial charge on any atom is 0.100 e. The highest BCUT2D eigenvalue weighted by Crippen LogP contribution is 2.24. The van der Waals surface area contributed by atoms with E-state index >= 15 is 0 Å². The molecule has 0 aromatic heterocycles. The Labute approximate surface area is 66.3 Å². The minimum Gasteiger partial charge on any atom is -0.378 e. The molecular formula is C7H14O2S. The minimum atomic E-state index is 0.251. The summed E-state index contributed by atoms with van der Waals surface area (Å²) in [6.07, 6.45) is 0.530. The molecule has 1 rings (SSSR count). The smallest absolute Gasteiger partial charge is 0.100 e. The van der Waals surface area contributed by atoms with Gasteiger partial charge in [0, 0.05) is 12.9 Å². The van der Waals surface area contributed by atoms with Crippen molar-refractivity contribution in [2.75, 3.05) is 12.9 Å². The Morgan fingerprint density at radius 1 is 1.50 bits per heavy atom. The Kier molecular flexibility index (Phi) is 3.01. The quantitative estimate of drug-likeness (QED) is 0.582. The van der Waals surface area contributed by atoms with E-state index in [4.69, 9.17) is 9.47 Å². The molecule has 0 amide bonds. The highest BCUT2D eigenvalue weighted by atomic mass is 32.2. The lowest BCUT2D eigenvalue weighted by Gasteiger charge is -2.31. The van der Waals surface area contributed by atoms with Gasteiger partial charge in [0.05, 0.1) is 12.2 Å². The molecule has 0 radical (unpaired) electrons. The summed E-state index contributed by atoms with van der Waals surface area (Å²) in [5, 5.41) is 0. The van der Waals surface area contributed by atoms with Crippen LogP contribution >= 0.6 is 11.8 Å². The van der Waals surface area contributed by atoms with Crippen molar-refractivity contribution in [2.24, 2.45) is 0 Å². The van der Waals surface area contributed by atoms with Gasteiger partial charge in [-0.15, -0.1) is 11.8 Å². The van der Waals surface area contributed by atoms with Gasteiger partial charge in [-0.05, 0) is 13.8 Å². The molecule has 0 spiro atoms. The summed E-state index contributed by atoms with van der Waals surface area (Å²) in [4.78, 5) is 0. The van der Waals surface area contributed by atoms with Gasteiger partial charge >= 0.3 is 0 Å². The van der Waals surface area contributed by atoms with Crippen molar-refractivity contribution < 1.29 is 9.47 Å². The Bertz CT molecular complexity index is 108. The van der Waals surface area contributed by atoms with E-state index in [0.29, 0.717) is 5.44 Å². The van der Waals surface area contributed by atoms with E-state index in [2.05, 4.69) is 13.8 Å². The molecule has 2 nitrogen and oxygen atoms in total. The van der Waals surface area contributed by atoms with Crippen molar-refractivity contribution in [3.05, 3.63) is 0 Å². The van der Waals surface area contributed by atoms with Crippen molar-refractivity contribution in [3.63, 3.8) is 0 Å². The first-order chi connectivity index (χ1) is 4.74. The van der Waals surface area contributed by atoms with Crippen molar-refractivity contribution in [1.29, 1.82) is 0 Å². The number of ether oxygens (including phenoxy) is 2. The first-order valence-corrected chi connectivity index (χ1v) is 4.58. The van der Waals surface area contributed by atoms with Crippen molar-refractivity contribution in [3.8, 4) is 0 Å². The molecule has 1 heterocycles. The molecule has 0 aliphatic carbocycles. The molecule has 0 saturated carbocycles. The number of methoxy groups -OCH3 is 1. The molecule has 3 atom stereocenters. The molecule has 0 aromatic carbocycles. The molecule has 1 saturated heterocycles. The number of rotatable bonds is 1. The van der Waals surface area contributed by atoms with Crippen LogP contribution in [0.5, 0.6) is 0 Å². The summed E-state index contributed by atoms with van der Waals surface area (Å²) >= 11 is 1.81. The molecule has 1 unspecified atom stereocenters. The molecule has 0 bridgehead atoms. The van der Waals surface area contributed by atoms with Crippen LogP contribution in [0, 0.1) is 0 Å². The normalized spacial score (nSPS) is 41.7. The summed E-state index contributed by atoms with van der Waals surface area (Å²) in [6, 6.07) is 0. The maximum atomic E-state index is 5.53. The number of thioether (sulfide) groups is 1. The summed E-state index contributed by atoms with van der Waals surface area (Å²) in [5.41, 5.74) is 0.335. The van der Waals surface area contributed by atoms with E-state index in [9.17, 15) is 0 Å². The first-order valence-electron chi connectivity index (χ1n) is 3.54. The lowest BCUT2D eigenvalue weighted by atomic mass is 10.2. The Morgan fingerprint density at radius 2 is 2.20 bits per heavy atom. The van der Waals surface area contributed by atoms with Crippen LogP contribution in [0.1, 0.15) is 13.8 Å². The summed E-state index contributed by atoms with van der Waals surface area (Å²) < 4.78 is 10.7. The lowest BCUT2D eigenvalue weighted by molar-refractivity contribution is -0.0503. The largest absolute Gasteiger partial charge is 0.378 e. The zero-order valence-electron chi connectivity index (χ0n) is 6.66. The van der Waals surface area contributed by atoms with Gasteiger partial charge in [0.1, 0.15) is 5.44 Å². The van der Waals surface area contributed by atoms with Crippen LogP contribution in [0.4, 0.5) is 0 Å². The van der Waals surface area contributed by atoms with Gasteiger partial charge in [-0.2, -0.15) is 0 Å². The zero-order valence-corrected chi connectivity index (χ0v) is 7.48. The van der Waals surface area contributed by atoms with Gasteiger partial charge in [0.2, 0.25) is 0 Å². The summed E-state index contributed by atoms with van der Waals surface area (Å²) in [5.74, 6) is 1.05. The predicted molar refractivity (Wildman–Crippen MR) is 43.3 cm³/mol. The first kappa shape index (κ1) is 8.37. The van der Waals surface area contributed by atoms with Gasteiger partial charge in [0.15, 0.2) is 0 Å². The van der Waals surface area contributed by atoms with Crippen LogP contribution < -0.4 is 0 Å². The number of hydrogen-bond donors (Lipinski definition) is 0. The fraction of sp³-hybridized carbons (Fsp3) is 1.00. The highest BCUT2D eigenvalue weighted by Gasteiger charge is 2.25. The van der Waals surface area contributed by atoms with Gasteiger partial charge in [-0.3, -0.25) is 0 Å². The monoisotopic (exact) mass is 162 g/mol. The highest BCUT2D eigenvalue weighted by molar-refractivity contribution is 7.99. The van der Waals surface area contributed by atoms with Gasteiger partial charge in [-0.25, -0.2) is 0 Å². The Balaban J connectivity index is 2.36. The summed E-state index contributed by atoms with van der Waals surface area (Å²) in [7, 11) is 1.74. The van der Waals surface area contributed by atoms with Crippen molar-refractivity contribution in [1.82, 2.24) is 0 Å². The van der Waals surface area contributed by atoms with Crippen LogP contribution in [0.25, 0.3) is 0 Å². The van der Waals surface area contributed by atoms with Crippen molar-refractivity contribution >= 4 is 11.8 Å².